The number of imidazole rings is 1. The molecule has 0 atom stereocenters. The quantitative estimate of drug-likeness (QED) is 0.514. The highest BCUT2D eigenvalue weighted by Crippen LogP contribution is 2.31. The molecule has 0 saturated heterocycles. The van der Waals surface area contributed by atoms with Crippen molar-refractivity contribution >= 4 is 21.3 Å². The van der Waals surface area contributed by atoms with Crippen LogP contribution < -0.4 is 10.1 Å². The van der Waals surface area contributed by atoms with Gasteiger partial charge in [-0.25, -0.2) is 22.8 Å². The molecule has 9 heteroatoms. The molecule has 158 valence electrons. The average molecular weight is 438 g/mol. The highest BCUT2D eigenvalue weighted by molar-refractivity contribution is 7.90. The van der Waals surface area contributed by atoms with Gasteiger partial charge in [0.2, 0.25) is 5.95 Å². The van der Waals surface area contributed by atoms with E-state index in [9.17, 15) is 12.8 Å². The number of rotatable bonds is 5. The minimum atomic E-state index is -3.26. The fraction of sp³-hybridized carbons (Fsp3) is 0.182. The van der Waals surface area contributed by atoms with Gasteiger partial charge in [-0.1, -0.05) is 12.1 Å². The molecule has 0 fully saturated rings. The Kier molecular flexibility index (Phi) is 4.62. The predicted octanol–water partition coefficient (Wildman–Crippen LogP) is 3.49. The Labute approximate surface area is 178 Å². The van der Waals surface area contributed by atoms with E-state index in [1.54, 1.807) is 53.5 Å². The second kappa shape index (κ2) is 7.35. The van der Waals surface area contributed by atoms with E-state index >= 15 is 0 Å². The molecule has 5 rings (SSSR count). The van der Waals surface area contributed by atoms with Gasteiger partial charge in [0.15, 0.2) is 9.84 Å². The third-order valence-electron chi connectivity index (χ3n) is 5.42. The van der Waals surface area contributed by atoms with Crippen molar-refractivity contribution in [1.29, 1.82) is 0 Å². The zero-order valence-electron chi connectivity index (χ0n) is 16.7. The number of halogens is 1. The van der Waals surface area contributed by atoms with Crippen molar-refractivity contribution in [2.45, 2.75) is 17.9 Å². The molecular weight excluding hydrogens is 419 g/mol. The molecule has 1 aliphatic heterocycles. The van der Waals surface area contributed by atoms with Crippen LogP contribution in [0.15, 0.2) is 60.0 Å². The minimum Gasteiger partial charge on any atom is -0.493 e. The Balaban J connectivity index is 1.47. The molecule has 0 spiro atoms. The summed E-state index contributed by atoms with van der Waals surface area (Å²) >= 11 is 0. The topological polar surface area (TPSA) is 85.6 Å². The Hall–Kier alpha value is -3.46. The van der Waals surface area contributed by atoms with Crippen molar-refractivity contribution in [2.24, 2.45) is 0 Å². The first kappa shape index (κ1) is 19.5. The minimum absolute atomic E-state index is 0.258. The zero-order valence-corrected chi connectivity index (χ0v) is 17.5. The summed E-state index contributed by atoms with van der Waals surface area (Å²) in [7, 11) is -3.26. The maximum atomic E-state index is 14.4. The summed E-state index contributed by atoms with van der Waals surface area (Å²) in [6.45, 7) is 0.823. The highest BCUT2D eigenvalue weighted by Gasteiger charge is 2.20. The van der Waals surface area contributed by atoms with Gasteiger partial charge in [0, 0.05) is 42.1 Å². The molecule has 0 bridgehead atoms. The molecule has 2 aromatic heterocycles. The lowest BCUT2D eigenvalue weighted by Crippen LogP contribution is -2.09. The van der Waals surface area contributed by atoms with E-state index in [4.69, 9.17) is 4.74 Å². The Morgan fingerprint density at radius 1 is 1.16 bits per heavy atom. The maximum absolute atomic E-state index is 14.4. The molecule has 0 radical (unpaired) electrons. The molecular formula is C22H19FN4O3S. The highest BCUT2D eigenvalue weighted by atomic mass is 32.2. The lowest BCUT2D eigenvalue weighted by Gasteiger charge is -2.13. The molecule has 4 aromatic rings. The normalized spacial score (nSPS) is 13.2. The lowest BCUT2D eigenvalue weighted by atomic mass is 10.0. The number of nitrogens with one attached hydrogen (secondary N) is 1. The van der Waals surface area contributed by atoms with E-state index in [0.29, 0.717) is 24.5 Å². The van der Waals surface area contributed by atoms with Gasteiger partial charge in [0.25, 0.3) is 0 Å². The molecule has 31 heavy (non-hydrogen) atoms. The molecule has 0 saturated carbocycles. The summed E-state index contributed by atoms with van der Waals surface area (Å²) in [5.74, 6) is 0.980. The third-order valence-corrected chi connectivity index (χ3v) is 6.54. The Morgan fingerprint density at radius 2 is 1.97 bits per heavy atom. The second-order valence-corrected chi connectivity index (χ2v) is 9.41. The summed E-state index contributed by atoms with van der Waals surface area (Å²) in [6.07, 6.45) is 6.90. The van der Waals surface area contributed by atoms with Gasteiger partial charge < -0.3 is 10.1 Å². The number of fused-ring (bicyclic) bond motifs is 2. The van der Waals surface area contributed by atoms with Gasteiger partial charge >= 0.3 is 0 Å². The van der Waals surface area contributed by atoms with Crippen LogP contribution in [0.5, 0.6) is 5.75 Å². The van der Waals surface area contributed by atoms with Gasteiger partial charge in [-0.3, -0.25) is 4.40 Å². The summed E-state index contributed by atoms with van der Waals surface area (Å²) in [4.78, 5) is 8.99. The van der Waals surface area contributed by atoms with Crippen LogP contribution in [0.2, 0.25) is 0 Å². The number of sulfone groups is 1. The fourth-order valence-electron chi connectivity index (χ4n) is 3.83. The number of anilines is 1. The second-order valence-electron chi connectivity index (χ2n) is 7.40. The number of hydrogen-bond acceptors (Lipinski definition) is 6. The van der Waals surface area contributed by atoms with Crippen molar-refractivity contribution in [1.82, 2.24) is 14.4 Å². The fourth-order valence-corrected chi connectivity index (χ4v) is 4.46. The number of hydrogen-bond donors (Lipinski definition) is 1. The molecule has 7 nitrogen and oxygen atoms in total. The van der Waals surface area contributed by atoms with Crippen molar-refractivity contribution in [3.8, 4) is 16.9 Å². The largest absolute Gasteiger partial charge is 0.493 e. The van der Waals surface area contributed by atoms with Gasteiger partial charge in [0.1, 0.15) is 17.9 Å². The summed E-state index contributed by atoms with van der Waals surface area (Å²) in [5, 5.41) is 3.21. The van der Waals surface area contributed by atoms with Crippen LogP contribution in [0, 0.1) is 5.82 Å². The molecule has 1 aliphatic rings. The number of benzene rings is 2. The summed E-state index contributed by atoms with van der Waals surface area (Å²) in [6, 6.07) is 9.73. The lowest BCUT2D eigenvalue weighted by molar-refractivity contribution is 0.356. The molecule has 0 aliphatic carbocycles. The predicted molar refractivity (Wildman–Crippen MR) is 114 cm³/mol. The summed E-state index contributed by atoms with van der Waals surface area (Å²) in [5.41, 5.74) is 3.89. The first-order valence-corrected chi connectivity index (χ1v) is 11.6. The number of ether oxygens (including phenoxy) is 1. The smallest absolute Gasteiger partial charge is 0.208 e. The van der Waals surface area contributed by atoms with Gasteiger partial charge in [-0.05, 0) is 29.8 Å². The van der Waals surface area contributed by atoms with Crippen LogP contribution in [-0.4, -0.2) is 35.6 Å². The van der Waals surface area contributed by atoms with Gasteiger partial charge in [-0.2, -0.15) is 0 Å². The van der Waals surface area contributed by atoms with Crippen LogP contribution in [0.4, 0.5) is 10.3 Å². The van der Waals surface area contributed by atoms with Gasteiger partial charge in [-0.15, -0.1) is 0 Å². The molecule has 0 amide bonds. The van der Waals surface area contributed by atoms with E-state index in [2.05, 4.69) is 15.3 Å². The van der Waals surface area contributed by atoms with Crippen LogP contribution in [0.25, 0.3) is 16.6 Å². The zero-order chi connectivity index (χ0) is 21.6. The average Bonchev–Trinajstić information content (AvgIpc) is 3.42. The first-order valence-electron chi connectivity index (χ1n) is 9.70. The SMILES string of the molecule is CS(=O)(=O)c1ccc(-c2cnc(NCc3c(F)ccc4c3CCO4)n3cncc23)cc1. The monoisotopic (exact) mass is 438 g/mol. The van der Waals surface area contributed by atoms with Crippen LogP contribution in [0.1, 0.15) is 11.1 Å². The van der Waals surface area contributed by atoms with Crippen molar-refractivity contribution < 1.29 is 17.5 Å². The summed E-state index contributed by atoms with van der Waals surface area (Å²) < 4.78 is 45.2. The maximum Gasteiger partial charge on any atom is 0.208 e. The van der Waals surface area contributed by atoms with Crippen LogP contribution in [-0.2, 0) is 22.8 Å². The van der Waals surface area contributed by atoms with E-state index in [1.165, 1.54) is 12.3 Å². The molecule has 0 unspecified atom stereocenters. The van der Waals surface area contributed by atoms with E-state index in [-0.39, 0.29) is 17.3 Å². The Bertz CT molecular complexity index is 1400. The molecule has 2 aromatic carbocycles. The van der Waals surface area contributed by atoms with Crippen molar-refractivity contribution in [2.75, 3.05) is 18.2 Å². The third kappa shape index (κ3) is 3.50. The first-order chi connectivity index (χ1) is 14.9. The standard InChI is InChI=1S/C22H19FN4O3S/c1-31(28,29)15-4-2-14(3-5-15)17-10-25-22(27-13-24-12-20(17)27)26-11-18-16-8-9-30-21(16)7-6-19(18)23/h2-7,10,12-13H,8-9,11H2,1H3,(H,25,26). The number of aromatic nitrogens is 3. The Morgan fingerprint density at radius 3 is 2.74 bits per heavy atom. The van der Waals surface area contributed by atoms with Crippen LogP contribution in [0.3, 0.4) is 0 Å². The van der Waals surface area contributed by atoms with E-state index < -0.39 is 9.84 Å². The number of nitrogens with zero attached hydrogens (tertiary/aromatic N) is 3. The molecule has 1 N–H and O–H groups in total. The van der Waals surface area contributed by atoms with Crippen molar-refractivity contribution in [3.63, 3.8) is 0 Å². The van der Waals surface area contributed by atoms with Crippen LogP contribution >= 0.6 is 0 Å². The van der Waals surface area contributed by atoms with Gasteiger partial charge in [0.05, 0.1) is 23.2 Å². The van der Waals surface area contributed by atoms with E-state index in [1.807, 2.05) is 0 Å². The van der Waals surface area contributed by atoms with E-state index in [0.717, 1.165) is 28.0 Å². The molecule has 3 heterocycles. The van der Waals surface area contributed by atoms with Crippen molar-refractivity contribution in [3.05, 3.63) is 72.1 Å².